The average Bonchev–Trinajstić information content (AvgIpc) is 2.83. The highest BCUT2D eigenvalue weighted by molar-refractivity contribution is 6.04. The molecule has 5 rings (SSSR count). The molecule has 0 amide bonds. The van der Waals surface area contributed by atoms with Crippen LogP contribution in [0.3, 0.4) is 0 Å². The molecule has 33 heavy (non-hydrogen) atoms. The van der Waals surface area contributed by atoms with Crippen LogP contribution >= 0.6 is 0 Å². The minimum atomic E-state index is -0.313. The van der Waals surface area contributed by atoms with Gasteiger partial charge in [-0.15, -0.1) is 0 Å². The Balaban J connectivity index is 1.70. The largest absolute Gasteiger partial charge is 0.493 e. The van der Waals surface area contributed by atoms with Gasteiger partial charge in [-0.05, 0) is 52.9 Å². The van der Waals surface area contributed by atoms with Crippen LogP contribution in [0.5, 0.6) is 11.5 Å². The Morgan fingerprint density at radius 1 is 1.03 bits per heavy atom. The minimum Gasteiger partial charge on any atom is -0.493 e. The summed E-state index contributed by atoms with van der Waals surface area (Å²) in [6.07, 6.45) is 2.26. The third-order valence-electron chi connectivity index (χ3n) is 6.49. The lowest BCUT2D eigenvalue weighted by Crippen LogP contribution is -2.27. The van der Waals surface area contributed by atoms with Gasteiger partial charge in [0.25, 0.3) is 0 Å². The molecule has 0 fully saturated rings. The molecule has 0 unspecified atom stereocenters. The molecule has 168 valence electrons. The lowest BCUT2D eigenvalue weighted by molar-refractivity contribution is -0.137. The molecule has 5 nitrogen and oxygen atoms in total. The molecule has 0 spiro atoms. The highest BCUT2D eigenvalue weighted by atomic mass is 16.6. The van der Waals surface area contributed by atoms with E-state index in [0.29, 0.717) is 17.9 Å². The van der Waals surface area contributed by atoms with Crippen LogP contribution in [0.15, 0.2) is 65.9 Å². The van der Waals surface area contributed by atoms with Crippen LogP contribution in [0.25, 0.3) is 10.8 Å². The minimum absolute atomic E-state index is 0.182. The first-order chi connectivity index (χ1) is 16.0. The van der Waals surface area contributed by atoms with E-state index in [0.717, 1.165) is 51.7 Å². The van der Waals surface area contributed by atoms with E-state index in [1.54, 1.807) is 27.0 Å². The number of Topliss-reactive ketones (excluding diaryl/α,β-unsaturated/α-hetero) is 1. The summed E-state index contributed by atoms with van der Waals surface area (Å²) in [6.45, 7) is 3.59. The second-order valence-corrected chi connectivity index (χ2v) is 8.96. The van der Waals surface area contributed by atoms with Crippen molar-refractivity contribution in [2.24, 2.45) is 5.92 Å². The molecule has 0 bridgehead atoms. The van der Waals surface area contributed by atoms with Gasteiger partial charge in [-0.25, -0.2) is 0 Å². The number of ketones is 1. The van der Waals surface area contributed by atoms with Crippen molar-refractivity contribution < 1.29 is 19.1 Å². The molecule has 3 aromatic rings. The van der Waals surface area contributed by atoms with E-state index in [1.807, 2.05) is 24.3 Å². The maximum Gasteiger partial charge on any atom is 0.313 e. The van der Waals surface area contributed by atoms with Gasteiger partial charge in [-0.3, -0.25) is 9.59 Å². The van der Waals surface area contributed by atoms with Crippen molar-refractivity contribution in [3.8, 4) is 11.5 Å². The number of ether oxygens (including phenoxy) is 2. The van der Waals surface area contributed by atoms with E-state index in [2.05, 4.69) is 29.6 Å². The zero-order chi connectivity index (χ0) is 23.1. The molecule has 5 heteroatoms. The lowest BCUT2D eigenvalue weighted by Gasteiger charge is -2.35. The van der Waals surface area contributed by atoms with Gasteiger partial charge in [0.05, 0.1) is 13.0 Å². The Hall–Kier alpha value is -3.60. The van der Waals surface area contributed by atoms with Crippen LogP contribution in [0, 0.1) is 5.92 Å². The Kier molecular flexibility index (Phi) is 5.41. The second kappa shape index (κ2) is 8.39. The number of carbonyl (C=O) groups is 2. The van der Waals surface area contributed by atoms with Crippen LogP contribution in [-0.4, -0.2) is 18.9 Å². The van der Waals surface area contributed by atoms with Crippen LogP contribution < -0.4 is 14.8 Å². The number of rotatable bonds is 4. The second-order valence-electron chi connectivity index (χ2n) is 8.96. The molecule has 1 heterocycles. The number of allylic oxidation sites excluding steroid dienone is 2. The number of carbonyl (C=O) groups excluding carboxylic acids is 2. The summed E-state index contributed by atoms with van der Waals surface area (Å²) in [6, 6.07) is 18.1. The summed E-state index contributed by atoms with van der Waals surface area (Å²) < 4.78 is 11.2. The van der Waals surface area contributed by atoms with E-state index in [9.17, 15) is 9.59 Å². The Morgan fingerprint density at radius 2 is 1.85 bits per heavy atom. The van der Waals surface area contributed by atoms with Gasteiger partial charge in [0.1, 0.15) is 0 Å². The first kappa shape index (κ1) is 21.3. The van der Waals surface area contributed by atoms with Crippen molar-refractivity contribution in [3.05, 3.63) is 77.0 Å². The van der Waals surface area contributed by atoms with Crippen molar-refractivity contribution >= 4 is 28.2 Å². The maximum absolute atomic E-state index is 13.2. The van der Waals surface area contributed by atoms with Crippen molar-refractivity contribution in [2.45, 2.75) is 39.0 Å². The smallest absolute Gasteiger partial charge is 0.313 e. The first-order valence-electron chi connectivity index (χ1n) is 11.4. The van der Waals surface area contributed by atoms with E-state index in [1.165, 1.54) is 0 Å². The van der Waals surface area contributed by atoms with Crippen LogP contribution in [0.2, 0.25) is 0 Å². The van der Waals surface area contributed by atoms with Crippen LogP contribution in [0.4, 0.5) is 5.69 Å². The van der Waals surface area contributed by atoms with Gasteiger partial charge in [-0.1, -0.05) is 50.2 Å². The van der Waals surface area contributed by atoms with Crippen LogP contribution in [-0.2, 0) is 9.59 Å². The van der Waals surface area contributed by atoms with E-state index < -0.39 is 0 Å². The molecule has 1 N–H and O–H groups in total. The molecule has 2 aliphatic rings. The lowest BCUT2D eigenvalue weighted by atomic mass is 9.74. The van der Waals surface area contributed by atoms with Gasteiger partial charge >= 0.3 is 5.97 Å². The Morgan fingerprint density at radius 3 is 2.64 bits per heavy atom. The number of anilines is 1. The zero-order valence-corrected chi connectivity index (χ0v) is 19.1. The third kappa shape index (κ3) is 3.67. The van der Waals surface area contributed by atoms with Gasteiger partial charge in [-0.2, -0.15) is 0 Å². The molecule has 0 saturated heterocycles. The number of methoxy groups -OCH3 is 1. The molecule has 1 aliphatic heterocycles. The predicted molar refractivity (Wildman–Crippen MR) is 129 cm³/mol. The number of fused-ring (bicyclic) bond motifs is 3. The van der Waals surface area contributed by atoms with Crippen LogP contribution in [0.1, 0.15) is 50.2 Å². The van der Waals surface area contributed by atoms with Crippen molar-refractivity contribution in [1.29, 1.82) is 0 Å². The van der Waals surface area contributed by atoms with Crippen molar-refractivity contribution in [3.63, 3.8) is 0 Å². The third-order valence-corrected chi connectivity index (χ3v) is 6.49. The Bertz CT molecular complexity index is 1300. The normalized spacial score (nSPS) is 17.5. The number of esters is 1. The summed E-state index contributed by atoms with van der Waals surface area (Å²) in [5.41, 5.74) is 4.91. The number of hydrogen-bond donors (Lipinski definition) is 1. The molecule has 3 aromatic carbocycles. The van der Waals surface area contributed by atoms with Gasteiger partial charge < -0.3 is 14.8 Å². The molecular weight excluding hydrogens is 414 g/mol. The van der Waals surface area contributed by atoms with Gasteiger partial charge in [0.15, 0.2) is 17.3 Å². The van der Waals surface area contributed by atoms with Crippen molar-refractivity contribution in [1.82, 2.24) is 0 Å². The number of benzene rings is 3. The molecule has 1 aliphatic carbocycles. The number of nitrogens with one attached hydrogen (secondary N) is 1. The van der Waals surface area contributed by atoms with Gasteiger partial charge in [0.2, 0.25) is 0 Å². The zero-order valence-electron chi connectivity index (χ0n) is 19.1. The number of hydrogen-bond acceptors (Lipinski definition) is 5. The fourth-order valence-corrected chi connectivity index (χ4v) is 4.86. The molecule has 0 radical (unpaired) electrons. The fourth-order valence-electron chi connectivity index (χ4n) is 4.86. The van der Waals surface area contributed by atoms with Crippen molar-refractivity contribution in [2.75, 3.05) is 12.4 Å². The van der Waals surface area contributed by atoms with E-state index in [-0.39, 0.29) is 23.6 Å². The Labute approximate surface area is 193 Å². The SMILES string of the molecule is COc1cc([C@@H]2C3=C(CCCC3=O)Nc3ccc4ccccc4c32)ccc1OC(=O)C(C)C. The molecule has 1 atom stereocenters. The molecule has 0 aromatic heterocycles. The van der Waals surface area contributed by atoms with E-state index in [4.69, 9.17) is 9.47 Å². The maximum atomic E-state index is 13.2. The standard InChI is InChI=1S/C28H27NO4/c1-16(2)28(31)33-23-14-12-18(15-24(23)32-3)25-26-19-8-5-4-7-17(19)11-13-21(26)29-20-9-6-10-22(30)27(20)25/h4-5,7-8,11-16,25,29H,6,9-10H2,1-3H3/t25-/m0/s1. The van der Waals surface area contributed by atoms with E-state index >= 15 is 0 Å². The first-order valence-corrected chi connectivity index (χ1v) is 11.4. The average molecular weight is 442 g/mol. The summed E-state index contributed by atoms with van der Waals surface area (Å²) in [5.74, 6) is 0.264. The molecular formula is C28H27NO4. The topological polar surface area (TPSA) is 64.6 Å². The monoisotopic (exact) mass is 441 g/mol. The summed E-state index contributed by atoms with van der Waals surface area (Å²) >= 11 is 0. The summed E-state index contributed by atoms with van der Waals surface area (Å²) in [4.78, 5) is 25.4. The fraction of sp³-hybridized carbons (Fsp3) is 0.286. The highest BCUT2D eigenvalue weighted by Crippen LogP contribution is 2.49. The summed E-state index contributed by atoms with van der Waals surface area (Å²) in [7, 11) is 1.56. The quantitative estimate of drug-likeness (QED) is 0.399. The summed E-state index contributed by atoms with van der Waals surface area (Å²) in [5, 5.41) is 5.80. The van der Waals surface area contributed by atoms with Gasteiger partial charge in [0, 0.05) is 29.3 Å². The predicted octanol–water partition coefficient (Wildman–Crippen LogP) is 5.97. The molecule has 0 saturated carbocycles. The highest BCUT2D eigenvalue weighted by Gasteiger charge is 2.36.